The Hall–Kier alpha value is -2.34. The highest BCUT2D eigenvalue weighted by molar-refractivity contribution is 7.14. The zero-order valence-corrected chi connectivity index (χ0v) is 12.6. The zero-order valence-electron chi connectivity index (χ0n) is 11.8. The van der Waals surface area contributed by atoms with Crippen molar-refractivity contribution in [3.63, 3.8) is 0 Å². The zero-order chi connectivity index (χ0) is 14.8. The van der Waals surface area contributed by atoms with E-state index in [0.717, 1.165) is 21.8 Å². The number of benzene rings is 1. The molecule has 0 fully saturated rings. The van der Waals surface area contributed by atoms with Crippen molar-refractivity contribution in [2.45, 2.75) is 13.3 Å². The van der Waals surface area contributed by atoms with Crippen LogP contribution in [0.25, 0.3) is 10.8 Å². The maximum atomic E-state index is 6.00. The van der Waals surface area contributed by atoms with Gasteiger partial charge in [0.05, 0.1) is 12.8 Å². The highest BCUT2D eigenvalue weighted by atomic mass is 32.1. The van der Waals surface area contributed by atoms with Crippen molar-refractivity contribution < 1.29 is 9.26 Å². The summed E-state index contributed by atoms with van der Waals surface area (Å²) >= 11 is 1.51. The normalized spacial score (nSPS) is 10.8. The molecule has 0 atom stereocenters. The number of nitrogens with two attached hydrogens (primary N) is 1. The van der Waals surface area contributed by atoms with Crippen LogP contribution in [0.1, 0.15) is 17.0 Å². The summed E-state index contributed by atoms with van der Waals surface area (Å²) in [5, 5.41) is 6.00. The van der Waals surface area contributed by atoms with Crippen molar-refractivity contribution in [1.29, 1.82) is 0 Å². The van der Waals surface area contributed by atoms with Gasteiger partial charge < -0.3 is 15.0 Å². The van der Waals surface area contributed by atoms with Crippen molar-refractivity contribution >= 4 is 17.0 Å². The van der Waals surface area contributed by atoms with Crippen LogP contribution in [-0.4, -0.2) is 17.3 Å². The van der Waals surface area contributed by atoms with E-state index in [4.69, 9.17) is 15.0 Å². The summed E-state index contributed by atoms with van der Waals surface area (Å²) in [5.74, 6) is 1.92. The molecule has 0 unspecified atom stereocenters. The van der Waals surface area contributed by atoms with Gasteiger partial charge in [-0.2, -0.15) is 4.98 Å². The monoisotopic (exact) mass is 301 g/mol. The Morgan fingerprint density at radius 1 is 1.38 bits per heavy atom. The number of hydrogen-bond acceptors (Lipinski definition) is 6. The first-order valence-electron chi connectivity index (χ1n) is 6.47. The standard InChI is InChI=1S/C15H15N3O2S/c1-9-8-21-14(13(9)16)15-17-12(18-20-15)7-10-4-3-5-11(6-10)19-2/h3-6,8H,7,16H2,1-2H3. The predicted octanol–water partition coefficient (Wildman–Crippen LogP) is 3.29. The molecule has 0 saturated carbocycles. The van der Waals surface area contributed by atoms with E-state index >= 15 is 0 Å². The summed E-state index contributed by atoms with van der Waals surface area (Å²) < 4.78 is 10.5. The number of methoxy groups -OCH3 is 1. The fourth-order valence-corrected chi connectivity index (χ4v) is 2.90. The minimum absolute atomic E-state index is 0.475. The summed E-state index contributed by atoms with van der Waals surface area (Å²) in [6.45, 7) is 1.96. The van der Waals surface area contributed by atoms with Crippen LogP contribution in [0.3, 0.4) is 0 Å². The average Bonchev–Trinajstić information content (AvgIpc) is 3.07. The molecule has 21 heavy (non-hydrogen) atoms. The van der Waals surface area contributed by atoms with Gasteiger partial charge in [-0.05, 0) is 35.6 Å². The first-order chi connectivity index (χ1) is 10.2. The number of rotatable bonds is 4. The van der Waals surface area contributed by atoms with Gasteiger partial charge in [-0.3, -0.25) is 0 Å². The molecule has 0 bridgehead atoms. The Morgan fingerprint density at radius 2 is 2.24 bits per heavy atom. The average molecular weight is 301 g/mol. The van der Waals surface area contributed by atoms with Gasteiger partial charge in [0.25, 0.3) is 5.89 Å². The molecule has 0 saturated heterocycles. The largest absolute Gasteiger partial charge is 0.497 e. The number of nitrogens with zero attached hydrogens (tertiary/aromatic N) is 2. The van der Waals surface area contributed by atoms with Crippen LogP contribution < -0.4 is 10.5 Å². The number of anilines is 1. The fraction of sp³-hybridized carbons (Fsp3) is 0.200. The maximum Gasteiger partial charge on any atom is 0.270 e. The van der Waals surface area contributed by atoms with E-state index in [2.05, 4.69) is 10.1 Å². The Bertz CT molecular complexity index is 764. The van der Waals surface area contributed by atoms with Gasteiger partial charge in [0.15, 0.2) is 5.82 Å². The number of thiophene rings is 1. The molecule has 0 aliphatic rings. The number of nitrogen functional groups attached to an aromatic ring is 1. The predicted molar refractivity (Wildman–Crippen MR) is 82.6 cm³/mol. The van der Waals surface area contributed by atoms with Crippen molar-refractivity contribution in [3.05, 3.63) is 46.6 Å². The molecule has 108 valence electrons. The van der Waals surface area contributed by atoms with Crippen molar-refractivity contribution in [3.8, 4) is 16.5 Å². The lowest BCUT2D eigenvalue weighted by Crippen LogP contribution is -1.92. The van der Waals surface area contributed by atoms with Gasteiger partial charge in [0.2, 0.25) is 0 Å². The fourth-order valence-electron chi connectivity index (χ4n) is 2.00. The van der Waals surface area contributed by atoms with Gasteiger partial charge in [-0.25, -0.2) is 0 Å². The molecule has 2 heterocycles. The molecular weight excluding hydrogens is 286 g/mol. The Labute approximate surface area is 126 Å². The third kappa shape index (κ3) is 2.75. The SMILES string of the molecule is COc1cccc(Cc2noc(-c3scc(C)c3N)n2)c1. The second-order valence-electron chi connectivity index (χ2n) is 4.71. The molecule has 0 amide bonds. The van der Waals surface area contributed by atoms with Crippen LogP contribution in [0, 0.1) is 6.92 Å². The molecule has 3 rings (SSSR count). The molecule has 0 aliphatic heterocycles. The van der Waals surface area contributed by atoms with Crippen LogP contribution >= 0.6 is 11.3 Å². The van der Waals surface area contributed by atoms with Crippen LogP contribution in [0.5, 0.6) is 5.75 Å². The second kappa shape index (κ2) is 5.57. The third-order valence-corrected chi connectivity index (χ3v) is 4.28. The molecule has 6 heteroatoms. The summed E-state index contributed by atoms with van der Waals surface area (Å²) in [6.07, 6.45) is 0.588. The van der Waals surface area contributed by atoms with Crippen molar-refractivity contribution in [2.24, 2.45) is 0 Å². The van der Waals surface area contributed by atoms with E-state index in [-0.39, 0.29) is 0 Å². The first-order valence-corrected chi connectivity index (χ1v) is 7.35. The molecule has 2 aromatic heterocycles. The van der Waals surface area contributed by atoms with E-state index in [1.165, 1.54) is 11.3 Å². The van der Waals surface area contributed by atoms with Crippen LogP contribution in [0.4, 0.5) is 5.69 Å². The molecule has 5 nitrogen and oxygen atoms in total. The van der Waals surface area contributed by atoms with Crippen LogP contribution in [0.15, 0.2) is 34.2 Å². The van der Waals surface area contributed by atoms with E-state index in [1.807, 2.05) is 36.6 Å². The van der Waals surface area contributed by atoms with Crippen LogP contribution in [0.2, 0.25) is 0 Å². The summed E-state index contributed by atoms with van der Waals surface area (Å²) in [5.41, 5.74) is 8.80. The van der Waals surface area contributed by atoms with E-state index in [1.54, 1.807) is 7.11 Å². The lowest BCUT2D eigenvalue weighted by molar-refractivity contribution is 0.414. The second-order valence-corrected chi connectivity index (χ2v) is 5.59. The van der Waals surface area contributed by atoms with Crippen molar-refractivity contribution in [2.75, 3.05) is 12.8 Å². The molecule has 3 aromatic rings. The molecule has 0 aliphatic carbocycles. The highest BCUT2D eigenvalue weighted by Crippen LogP contribution is 2.33. The number of hydrogen-bond donors (Lipinski definition) is 1. The lowest BCUT2D eigenvalue weighted by atomic mass is 10.1. The van der Waals surface area contributed by atoms with E-state index in [0.29, 0.717) is 23.8 Å². The number of aryl methyl sites for hydroxylation is 1. The topological polar surface area (TPSA) is 74.2 Å². The molecule has 2 N–H and O–H groups in total. The molecule has 1 aromatic carbocycles. The minimum Gasteiger partial charge on any atom is -0.497 e. The quantitative estimate of drug-likeness (QED) is 0.800. The van der Waals surface area contributed by atoms with Gasteiger partial charge >= 0.3 is 0 Å². The van der Waals surface area contributed by atoms with Gasteiger partial charge in [-0.1, -0.05) is 17.3 Å². The molecular formula is C15H15N3O2S. The van der Waals surface area contributed by atoms with Gasteiger partial charge in [0.1, 0.15) is 10.6 Å². The maximum absolute atomic E-state index is 6.00. The Kier molecular flexibility index (Phi) is 3.62. The van der Waals surface area contributed by atoms with E-state index < -0.39 is 0 Å². The molecule has 0 radical (unpaired) electrons. The lowest BCUT2D eigenvalue weighted by Gasteiger charge is -2.01. The summed E-state index contributed by atoms with van der Waals surface area (Å²) in [4.78, 5) is 5.25. The first kappa shape index (κ1) is 13.6. The smallest absolute Gasteiger partial charge is 0.270 e. The number of aromatic nitrogens is 2. The van der Waals surface area contributed by atoms with Gasteiger partial charge in [0, 0.05) is 6.42 Å². The number of ether oxygens (including phenoxy) is 1. The Morgan fingerprint density at radius 3 is 2.95 bits per heavy atom. The van der Waals surface area contributed by atoms with Crippen molar-refractivity contribution in [1.82, 2.24) is 10.1 Å². The highest BCUT2D eigenvalue weighted by Gasteiger charge is 2.15. The third-order valence-electron chi connectivity index (χ3n) is 3.18. The summed E-state index contributed by atoms with van der Waals surface area (Å²) in [7, 11) is 1.65. The van der Waals surface area contributed by atoms with E-state index in [9.17, 15) is 0 Å². The minimum atomic E-state index is 0.475. The van der Waals surface area contributed by atoms with Crippen LogP contribution in [-0.2, 0) is 6.42 Å². The Balaban J connectivity index is 1.83. The van der Waals surface area contributed by atoms with Gasteiger partial charge in [-0.15, -0.1) is 11.3 Å². The molecule has 0 spiro atoms. The summed E-state index contributed by atoms with van der Waals surface area (Å²) in [6, 6.07) is 7.80.